The van der Waals surface area contributed by atoms with Gasteiger partial charge in [0, 0.05) is 25.8 Å². The molecule has 2 rings (SSSR count). The molecule has 0 amide bonds. The molecule has 2 heterocycles. The molecule has 1 saturated heterocycles. The molecule has 6 heteroatoms. The highest BCUT2D eigenvalue weighted by molar-refractivity contribution is 5.49. The first kappa shape index (κ1) is 16.0. The Labute approximate surface area is 127 Å². The molecule has 1 aliphatic rings. The van der Waals surface area contributed by atoms with Crippen LogP contribution in [0.3, 0.4) is 0 Å². The Hall–Kier alpha value is -1.40. The third-order valence-corrected chi connectivity index (χ3v) is 4.09. The number of nitrogens with zero attached hydrogens (tertiary/aromatic N) is 3. The molecule has 1 aromatic heterocycles. The van der Waals surface area contributed by atoms with Crippen molar-refractivity contribution in [3.05, 3.63) is 11.9 Å². The van der Waals surface area contributed by atoms with Gasteiger partial charge >= 0.3 is 0 Å². The summed E-state index contributed by atoms with van der Waals surface area (Å²) in [5.41, 5.74) is 2.63. The lowest BCUT2D eigenvalue weighted by molar-refractivity contribution is 0.128. The average molecular weight is 293 g/mol. The quantitative estimate of drug-likeness (QED) is 0.619. The summed E-state index contributed by atoms with van der Waals surface area (Å²) in [5.74, 6) is 8.63. The second-order valence-electron chi connectivity index (χ2n) is 5.50. The van der Waals surface area contributed by atoms with Crippen molar-refractivity contribution in [2.75, 3.05) is 30.0 Å². The van der Waals surface area contributed by atoms with Gasteiger partial charge in [-0.2, -0.15) is 0 Å². The lowest BCUT2D eigenvalue weighted by Crippen LogP contribution is -2.26. The SMILES string of the molecule is CCOCc1nc(NN)cc(N2CCCC(CC)CC2)n1. The highest BCUT2D eigenvalue weighted by Crippen LogP contribution is 2.24. The first-order valence-corrected chi connectivity index (χ1v) is 7.94. The fourth-order valence-corrected chi connectivity index (χ4v) is 2.78. The summed E-state index contributed by atoms with van der Waals surface area (Å²) in [6.45, 7) is 7.41. The molecule has 1 unspecified atom stereocenters. The minimum Gasteiger partial charge on any atom is -0.374 e. The molecule has 118 valence electrons. The molecule has 6 nitrogen and oxygen atoms in total. The molecule has 21 heavy (non-hydrogen) atoms. The van der Waals surface area contributed by atoms with Crippen LogP contribution in [0.15, 0.2) is 6.07 Å². The molecule has 3 N–H and O–H groups in total. The average Bonchev–Trinajstić information content (AvgIpc) is 2.78. The maximum Gasteiger partial charge on any atom is 0.158 e. The molecule has 0 aliphatic carbocycles. The van der Waals surface area contributed by atoms with Crippen molar-refractivity contribution < 1.29 is 4.74 Å². The van der Waals surface area contributed by atoms with E-state index in [4.69, 9.17) is 10.6 Å². The topological polar surface area (TPSA) is 76.3 Å². The lowest BCUT2D eigenvalue weighted by Gasteiger charge is -2.22. The highest BCUT2D eigenvalue weighted by Gasteiger charge is 2.18. The van der Waals surface area contributed by atoms with Gasteiger partial charge in [-0.1, -0.05) is 13.3 Å². The number of hydrogen-bond donors (Lipinski definition) is 2. The fraction of sp³-hybridized carbons (Fsp3) is 0.733. The van der Waals surface area contributed by atoms with E-state index in [9.17, 15) is 0 Å². The molecule has 1 aliphatic heterocycles. The summed E-state index contributed by atoms with van der Waals surface area (Å²) < 4.78 is 5.41. The Kier molecular flexibility index (Phi) is 6.20. The van der Waals surface area contributed by atoms with Crippen LogP contribution in [-0.2, 0) is 11.3 Å². The number of nitrogens with two attached hydrogens (primary N) is 1. The Morgan fingerprint density at radius 3 is 2.90 bits per heavy atom. The molecule has 0 saturated carbocycles. The smallest absolute Gasteiger partial charge is 0.158 e. The molecule has 0 radical (unpaired) electrons. The van der Waals surface area contributed by atoms with Crippen molar-refractivity contribution in [1.82, 2.24) is 9.97 Å². The standard InChI is InChI=1S/C15H27N5O/c1-3-12-6-5-8-20(9-7-12)15-10-13(19-16)17-14(18-15)11-21-4-2/h10,12H,3-9,11,16H2,1-2H3,(H,17,18,19). The van der Waals surface area contributed by atoms with E-state index < -0.39 is 0 Å². The number of rotatable bonds is 6. The minimum atomic E-state index is 0.421. The predicted octanol–water partition coefficient (Wildman–Crippen LogP) is 2.32. The van der Waals surface area contributed by atoms with Crippen molar-refractivity contribution in [2.45, 2.75) is 46.1 Å². The van der Waals surface area contributed by atoms with E-state index in [1.54, 1.807) is 0 Å². The van der Waals surface area contributed by atoms with E-state index in [-0.39, 0.29) is 0 Å². The Morgan fingerprint density at radius 2 is 2.19 bits per heavy atom. The van der Waals surface area contributed by atoms with Gasteiger partial charge in [-0.3, -0.25) is 0 Å². The predicted molar refractivity (Wildman–Crippen MR) is 85.0 cm³/mol. The van der Waals surface area contributed by atoms with Gasteiger partial charge in [0.05, 0.1) is 0 Å². The molecular weight excluding hydrogens is 266 g/mol. The van der Waals surface area contributed by atoms with Gasteiger partial charge in [-0.05, 0) is 32.1 Å². The summed E-state index contributed by atoms with van der Waals surface area (Å²) in [6, 6.07) is 1.92. The van der Waals surface area contributed by atoms with Crippen LogP contribution in [0.2, 0.25) is 0 Å². The number of nitrogens with one attached hydrogen (secondary N) is 1. The number of hydrazine groups is 1. The van der Waals surface area contributed by atoms with Crippen molar-refractivity contribution in [3.63, 3.8) is 0 Å². The monoisotopic (exact) mass is 293 g/mol. The number of anilines is 2. The van der Waals surface area contributed by atoms with Gasteiger partial charge in [-0.15, -0.1) is 0 Å². The third-order valence-electron chi connectivity index (χ3n) is 4.09. The van der Waals surface area contributed by atoms with Crippen LogP contribution >= 0.6 is 0 Å². The fourth-order valence-electron chi connectivity index (χ4n) is 2.78. The third kappa shape index (κ3) is 4.54. The molecule has 0 spiro atoms. The maximum absolute atomic E-state index is 5.52. The van der Waals surface area contributed by atoms with Gasteiger partial charge in [-0.25, -0.2) is 15.8 Å². The van der Waals surface area contributed by atoms with Crippen LogP contribution in [0.1, 0.15) is 45.4 Å². The molecule has 1 aromatic rings. The summed E-state index contributed by atoms with van der Waals surface area (Å²) in [5, 5.41) is 0. The first-order chi connectivity index (χ1) is 10.3. The zero-order valence-corrected chi connectivity index (χ0v) is 13.1. The second-order valence-corrected chi connectivity index (χ2v) is 5.50. The number of ether oxygens (including phenoxy) is 1. The summed E-state index contributed by atoms with van der Waals surface area (Å²) >= 11 is 0. The molecule has 0 bridgehead atoms. The Bertz CT molecular complexity index is 440. The van der Waals surface area contributed by atoms with Gasteiger partial charge < -0.3 is 15.1 Å². The number of hydrogen-bond acceptors (Lipinski definition) is 6. The molecule has 0 aromatic carbocycles. The molecular formula is C15H27N5O. The largest absolute Gasteiger partial charge is 0.374 e. The van der Waals surface area contributed by atoms with E-state index in [0.717, 1.165) is 24.8 Å². The van der Waals surface area contributed by atoms with Crippen molar-refractivity contribution in [3.8, 4) is 0 Å². The van der Waals surface area contributed by atoms with E-state index in [1.807, 2.05) is 13.0 Å². The Balaban J connectivity index is 2.13. The Morgan fingerprint density at radius 1 is 1.33 bits per heavy atom. The van der Waals surface area contributed by atoms with Crippen LogP contribution < -0.4 is 16.2 Å². The van der Waals surface area contributed by atoms with Crippen LogP contribution in [0, 0.1) is 5.92 Å². The second kappa shape index (κ2) is 8.14. The minimum absolute atomic E-state index is 0.421. The van der Waals surface area contributed by atoms with Gasteiger partial charge in [0.25, 0.3) is 0 Å². The van der Waals surface area contributed by atoms with Crippen LogP contribution in [0.25, 0.3) is 0 Å². The van der Waals surface area contributed by atoms with Gasteiger partial charge in [0.1, 0.15) is 18.2 Å². The highest BCUT2D eigenvalue weighted by atomic mass is 16.5. The van der Waals surface area contributed by atoms with Gasteiger partial charge in [0.15, 0.2) is 5.82 Å². The molecule has 1 fully saturated rings. The zero-order valence-electron chi connectivity index (χ0n) is 13.1. The van der Waals surface area contributed by atoms with Crippen molar-refractivity contribution in [2.24, 2.45) is 11.8 Å². The molecule has 1 atom stereocenters. The summed E-state index contributed by atoms with van der Waals surface area (Å²) in [4.78, 5) is 11.3. The first-order valence-electron chi connectivity index (χ1n) is 7.94. The maximum atomic E-state index is 5.52. The van der Waals surface area contributed by atoms with Gasteiger partial charge in [0.2, 0.25) is 0 Å². The van der Waals surface area contributed by atoms with Crippen LogP contribution in [0.5, 0.6) is 0 Å². The van der Waals surface area contributed by atoms with E-state index in [2.05, 4.69) is 27.2 Å². The van der Waals surface area contributed by atoms with Crippen LogP contribution in [-0.4, -0.2) is 29.7 Å². The van der Waals surface area contributed by atoms with Crippen molar-refractivity contribution >= 4 is 11.6 Å². The van der Waals surface area contributed by atoms with E-state index in [1.165, 1.54) is 25.7 Å². The van der Waals surface area contributed by atoms with Crippen molar-refractivity contribution in [1.29, 1.82) is 0 Å². The zero-order chi connectivity index (χ0) is 15.1. The lowest BCUT2D eigenvalue weighted by atomic mass is 9.98. The number of aromatic nitrogens is 2. The number of nitrogen functional groups attached to an aromatic ring is 1. The van der Waals surface area contributed by atoms with E-state index in [0.29, 0.717) is 24.9 Å². The summed E-state index contributed by atoms with van der Waals surface area (Å²) in [6.07, 6.45) is 5.02. The normalized spacial score (nSPS) is 19.4. The van der Waals surface area contributed by atoms with E-state index >= 15 is 0 Å². The van der Waals surface area contributed by atoms with Crippen LogP contribution in [0.4, 0.5) is 11.6 Å². The summed E-state index contributed by atoms with van der Waals surface area (Å²) in [7, 11) is 0.